The third-order valence-electron chi connectivity index (χ3n) is 1.34. The van der Waals surface area contributed by atoms with Crippen LogP contribution in [0.5, 0.6) is 0 Å². The van der Waals surface area contributed by atoms with Crippen molar-refractivity contribution in [2.24, 2.45) is 0 Å². The molecular weight excluding hydrogens is 206 g/mol. The average molecular weight is 217 g/mol. The molecule has 0 fully saturated rings. The van der Waals surface area contributed by atoms with Gasteiger partial charge in [-0.25, -0.2) is 4.79 Å². The van der Waals surface area contributed by atoms with Gasteiger partial charge in [0.05, 0.1) is 0 Å². The van der Waals surface area contributed by atoms with Gasteiger partial charge in [-0.15, -0.1) is 0 Å². The Morgan fingerprint density at radius 3 is 2.92 bits per heavy atom. The van der Waals surface area contributed by atoms with Gasteiger partial charge in [0.1, 0.15) is 0 Å². The highest BCUT2D eigenvalue weighted by atomic mass is 32.2. The number of carboxylic acids is 1. The van der Waals surface area contributed by atoms with Crippen molar-refractivity contribution in [2.75, 3.05) is 0 Å². The molecule has 0 bridgehead atoms. The number of rotatable bonds is 4. The van der Waals surface area contributed by atoms with Crippen LogP contribution in [0.3, 0.4) is 0 Å². The number of thioether (sulfide) groups is 1. The minimum Gasteiger partial charge on any atom is -0.476 e. The first-order chi connectivity index (χ1) is 6.09. The summed E-state index contributed by atoms with van der Waals surface area (Å²) in [6, 6.07) is 1.64. The molecule has 0 amide bonds. The van der Waals surface area contributed by atoms with Crippen molar-refractivity contribution in [3.05, 3.63) is 16.6 Å². The van der Waals surface area contributed by atoms with E-state index in [1.165, 1.54) is 11.5 Å². The Hall–Kier alpha value is -0.550. The molecule has 13 heavy (non-hydrogen) atoms. The van der Waals surface area contributed by atoms with Gasteiger partial charge in [0.25, 0.3) is 0 Å². The molecule has 0 saturated carbocycles. The fourth-order valence-corrected chi connectivity index (χ4v) is 2.24. The first kappa shape index (κ1) is 10.5. The summed E-state index contributed by atoms with van der Waals surface area (Å²) in [6.07, 6.45) is 0. The van der Waals surface area contributed by atoms with Gasteiger partial charge in [0, 0.05) is 10.6 Å². The monoisotopic (exact) mass is 217 g/mol. The molecule has 1 rings (SSSR count). The summed E-state index contributed by atoms with van der Waals surface area (Å²) in [4.78, 5) is 11.5. The van der Waals surface area contributed by atoms with E-state index in [9.17, 15) is 4.79 Å². The van der Waals surface area contributed by atoms with E-state index in [0.717, 1.165) is 10.6 Å². The number of hydrogen-bond acceptors (Lipinski definition) is 4. The Balaban J connectivity index is 2.54. The van der Waals surface area contributed by atoms with Gasteiger partial charge < -0.3 is 5.11 Å². The van der Waals surface area contributed by atoms with E-state index in [1.54, 1.807) is 17.8 Å². The van der Waals surface area contributed by atoms with Crippen molar-refractivity contribution in [2.45, 2.75) is 24.9 Å². The summed E-state index contributed by atoms with van der Waals surface area (Å²) in [5.41, 5.74) is 0.157. The number of carbonyl (C=O) groups is 1. The van der Waals surface area contributed by atoms with Crippen molar-refractivity contribution in [1.82, 2.24) is 4.37 Å². The smallest absolute Gasteiger partial charge is 0.355 e. The van der Waals surface area contributed by atoms with Crippen molar-refractivity contribution < 1.29 is 9.90 Å². The van der Waals surface area contributed by atoms with Crippen molar-refractivity contribution in [3.8, 4) is 0 Å². The van der Waals surface area contributed by atoms with Gasteiger partial charge in [0.2, 0.25) is 0 Å². The first-order valence-electron chi connectivity index (χ1n) is 3.90. The minimum atomic E-state index is -0.947. The van der Waals surface area contributed by atoms with E-state index in [-0.39, 0.29) is 5.69 Å². The molecule has 0 aliphatic carbocycles. The second kappa shape index (κ2) is 4.62. The highest BCUT2D eigenvalue weighted by molar-refractivity contribution is 7.99. The third kappa shape index (κ3) is 3.36. The second-order valence-electron chi connectivity index (χ2n) is 2.84. The topological polar surface area (TPSA) is 50.2 Å². The largest absolute Gasteiger partial charge is 0.476 e. The summed E-state index contributed by atoms with van der Waals surface area (Å²) in [6.45, 7) is 4.23. The maximum atomic E-state index is 10.5. The van der Waals surface area contributed by atoms with Crippen LogP contribution in [0.25, 0.3) is 0 Å². The maximum absolute atomic E-state index is 10.5. The molecule has 0 atom stereocenters. The highest BCUT2D eigenvalue weighted by Gasteiger charge is 2.08. The van der Waals surface area contributed by atoms with Gasteiger partial charge in [-0.1, -0.05) is 13.8 Å². The van der Waals surface area contributed by atoms with Gasteiger partial charge in [-0.3, -0.25) is 0 Å². The quantitative estimate of drug-likeness (QED) is 0.841. The van der Waals surface area contributed by atoms with E-state index in [4.69, 9.17) is 5.11 Å². The number of carboxylic acid groups (broad SMARTS) is 1. The van der Waals surface area contributed by atoms with Gasteiger partial charge in [-0.2, -0.15) is 16.1 Å². The lowest BCUT2D eigenvalue weighted by molar-refractivity contribution is 0.0692. The molecule has 0 aromatic carbocycles. The first-order valence-corrected chi connectivity index (χ1v) is 5.72. The predicted octanol–water partition coefficient (Wildman–Crippen LogP) is 2.48. The summed E-state index contributed by atoms with van der Waals surface area (Å²) >= 11 is 3.06. The van der Waals surface area contributed by atoms with E-state index in [1.807, 2.05) is 0 Å². The van der Waals surface area contributed by atoms with Gasteiger partial charge >= 0.3 is 5.97 Å². The molecule has 3 nitrogen and oxygen atoms in total. The summed E-state index contributed by atoms with van der Waals surface area (Å²) < 4.78 is 3.82. The SMILES string of the molecule is CC(C)SCc1cc(C(=O)O)ns1. The maximum Gasteiger partial charge on any atom is 0.355 e. The lowest BCUT2D eigenvalue weighted by Gasteiger charge is -2.00. The van der Waals surface area contributed by atoms with Gasteiger partial charge in [-0.05, 0) is 22.8 Å². The van der Waals surface area contributed by atoms with Crippen LogP contribution in [0.15, 0.2) is 6.07 Å². The lowest BCUT2D eigenvalue weighted by atomic mass is 10.4. The van der Waals surface area contributed by atoms with Crippen LogP contribution in [-0.2, 0) is 5.75 Å². The normalized spacial score (nSPS) is 10.7. The van der Waals surface area contributed by atoms with Crippen LogP contribution in [0, 0.1) is 0 Å². The molecule has 1 aromatic rings. The van der Waals surface area contributed by atoms with Crippen LogP contribution in [0.1, 0.15) is 29.2 Å². The standard InChI is InChI=1S/C8H11NO2S2/c1-5(2)12-4-6-3-7(8(10)11)9-13-6/h3,5H,4H2,1-2H3,(H,10,11). The zero-order valence-electron chi connectivity index (χ0n) is 7.48. The molecule has 1 heterocycles. The minimum absolute atomic E-state index is 0.157. The Kier molecular flexibility index (Phi) is 3.74. The molecule has 1 N–H and O–H groups in total. The Morgan fingerprint density at radius 1 is 1.77 bits per heavy atom. The fraction of sp³-hybridized carbons (Fsp3) is 0.500. The van der Waals surface area contributed by atoms with Crippen LogP contribution < -0.4 is 0 Å². The molecule has 0 unspecified atom stereocenters. The molecule has 0 aliphatic heterocycles. The third-order valence-corrected chi connectivity index (χ3v) is 3.45. The van der Waals surface area contributed by atoms with Crippen LogP contribution >= 0.6 is 23.3 Å². The number of aromatic nitrogens is 1. The Bertz CT molecular complexity index is 296. The van der Waals surface area contributed by atoms with Crippen molar-refractivity contribution >= 4 is 29.3 Å². The molecular formula is C8H11NO2S2. The zero-order chi connectivity index (χ0) is 9.84. The number of nitrogens with zero attached hydrogens (tertiary/aromatic N) is 1. The van der Waals surface area contributed by atoms with Crippen LogP contribution in [-0.4, -0.2) is 20.7 Å². The molecule has 1 aromatic heterocycles. The van der Waals surface area contributed by atoms with E-state index in [2.05, 4.69) is 18.2 Å². The van der Waals surface area contributed by atoms with E-state index >= 15 is 0 Å². The summed E-state index contributed by atoms with van der Waals surface area (Å²) in [7, 11) is 0. The highest BCUT2D eigenvalue weighted by Crippen LogP contribution is 2.20. The van der Waals surface area contributed by atoms with Crippen molar-refractivity contribution in [3.63, 3.8) is 0 Å². The van der Waals surface area contributed by atoms with E-state index < -0.39 is 5.97 Å². The molecule has 5 heteroatoms. The van der Waals surface area contributed by atoms with Gasteiger partial charge in [0.15, 0.2) is 5.69 Å². The number of aromatic carboxylic acids is 1. The van der Waals surface area contributed by atoms with Crippen LogP contribution in [0.2, 0.25) is 0 Å². The summed E-state index contributed by atoms with van der Waals surface area (Å²) in [5.74, 6) is -0.0974. The summed E-state index contributed by atoms with van der Waals surface area (Å²) in [5, 5.41) is 9.18. The molecule has 72 valence electrons. The second-order valence-corrected chi connectivity index (χ2v) is 5.30. The van der Waals surface area contributed by atoms with Crippen molar-refractivity contribution in [1.29, 1.82) is 0 Å². The number of hydrogen-bond donors (Lipinski definition) is 1. The average Bonchev–Trinajstić information content (AvgIpc) is 2.48. The fourth-order valence-electron chi connectivity index (χ4n) is 0.731. The van der Waals surface area contributed by atoms with Crippen LogP contribution in [0.4, 0.5) is 0 Å². The molecule has 0 spiro atoms. The Morgan fingerprint density at radius 2 is 2.46 bits per heavy atom. The molecule has 0 saturated heterocycles. The molecule has 0 radical (unpaired) electrons. The predicted molar refractivity (Wildman–Crippen MR) is 55.5 cm³/mol. The van der Waals surface area contributed by atoms with E-state index in [0.29, 0.717) is 5.25 Å². The Labute approximate surface area is 85.3 Å². The lowest BCUT2D eigenvalue weighted by Crippen LogP contribution is -1.94. The molecule has 0 aliphatic rings. The zero-order valence-corrected chi connectivity index (χ0v) is 9.11.